The van der Waals surface area contributed by atoms with Gasteiger partial charge < -0.3 is 4.74 Å². The summed E-state index contributed by atoms with van der Waals surface area (Å²) < 4.78 is 35.1. The van der Waals surface area contributed by atoms with E-state index in [9.17, 15) is 14.0 Å². The lowest BCUT2D eigenvalue weighted by Crippen LogP contribution is -2.04. The molecule has 3 aromatic rings. The largest absolute Gasteiger partial charge is 0.485 e. The van der Waals surface area contributed by atoms with Crippen LogP contribution in [0.25, 0.3) is 5.65 Å². The van der Waals surface area contributed by atoms with Crippen LogP contribution in [0.3, 0.4) is 0 Å². The molecular formula is C19H17F2N3O. The van der Waals surface area contributed by atoms with Crippen molar-refractivity contribution < 1.29 is 13.5 Å². The van der Waals surface area contributed by atoms with Crippen LogP contribution in [-0.2, 0) is 6.61 Å². The fourth-order valence-corrected chi connectivity index (χ4v) is 2.88. The van der Waals surface area contributed by atoms with Crippen LogP contribution in [0.15, 0.2) is 30.5 Å². The van der Waals surface area contributed by atoms with Crippen LogP contribution in [0.1, 0.15) is 35.4 Å². The molecule has 0 aliphatic heterocycles. The second kappa shape index (κ2) is 6.52. The summed E-state index contributed by atoms with van der Waals surface area (Å²) in [7, 11) is 0. The molecule has 25 heavy (non-hydrogen) atoms. The zero-order valence-corrected chi connectivity index (χ0v) is 14.2. The SMILES string of the molecule is Cc1cc(OCc2c(F)cccc2F)c2nc(C)c([C@@H](C)C#N)n2c1. The highest BCUT2D eigenvalue weighted by Gasteiger charge is 2.19. The van der Waals surface area contributed by atoms with Crippen LogP contribution < -0.4 is 4.74 Å². The predicted octanol–water partition coefficient (Wildman–Crippen LogP) is 4.44. The Morgan fingerprint density at radius 1 is 1.28 bits per heavy atom. The summed E-state index contributed by atoms with van der Waals surface area (Å²) in [6.07, 6.45) is 1.87. The summed E-state index contributed by atoms with van der Waals surface area (Å²) in [5, 5.41) is 9.24. The third-order valence-corrected chi connectivity index (χ3v) is 4.08. The van der Waals surface area contributed by atoms with E-state index >= 15 is 0 Å². The number of nitrogens with zero attached hydrogens (tertiary/aromatic N) is 3. The lowest BCUT2D eigenvalue weighted by atomic mass is 10.1. The van der Waals surface area contributed by atoms with Crippen molar-refractivity contribution in [1.29, 1.82) is 5.26 Å². The number of halogens is 2. The van der Waals surface area contributed by atoms with Crippen molar-refractivity contribution in [3.05, 3.63) is 64.6 Å². The normalized spacial score (nSPS) is 12.2. The van der Waals surface area contributed by atoms with Crippen LogP contribution in [0.4, 0.5) is 8.78 Å². The van der Waals surface area contributed by atoms with Crippen molar-refractivity contribution in [1.82, 2.24) is 9.38 Å². The van der Waals surface area contributed by atoms with Gasteiger partial charge in [0.25, 0.3) is 0 Å². The Kier molecular flexibility index (Phi) is 4.41. The molecule has 0 N–H and O–H groups in total. The molecule has 0 unspecified atom stereocenters. The van der Waals surface area contributed by atoms with Crippen molar-refractivity contribution >= 4 is 5.65 Å². The van der Waals surface area contributed by atoms with Crippen molar-refractivity contribution in [2.45, 2.75) is 33.3 Å². The predicted molar refractivity (Wildman–Crippen MR) is 89.4 cm³/mol. The van der Waals surface area contributed by atoms with Gasteiger partial charge in [0.05, 0.1) is 28.9 Å². The monoisotopic (exact) mass is 341 g/mol. The van der Waals surface area contributed by atoms with Crippen molar-refractivity contribution in [3.63, 3.8) is 0 Å². The first-order valence-corrected chi connectivity index (χ1v) is 7.87. The average Bonchev–Trinajstić information content (AvgIpc) is 2.89. The molecule has 1 aromatic carbocycles. The van der Waals surface area contributed by atoms with Gasteiger partial charge in [0.2, 0.25) is 0 Å². The first-order valence-electron chi connectivity index (χ1n) is 7.87. The summed E-state index contributed by atoms with van der Waals surface area (Å²) in [6.45, 7) is 5.26. The second-order valence-electron chi connectivity index (χ2n) is 6.00. The third-order valence-electron chi connectivity index (χ3n) is 4.08. The first kappa shape index (κ1) is 16.9. The van der Waals surface area contributed by atoms with Gasteiger partial charge in [-0.25, -0.2) is 13.8 Å². The highest BCUT2D eigenvalue weighted by molar-refractivity contribution is 5.58. The molecule has 0 aliphatic rings. The molecule has 0 spiro atoms. The van der Waals surface area contributed by atoms with E-state index in [1.54, 1.807) is 13.0 Å². The zero-order valence-electron chi connectivity index (χ0n) is 14.2. The number of pyridine rings is 1. The molecule has 0 radical (unpaired) electrons. The standard InChI is InChI=1S/C19H17F2N3O/c1-11-7-17(25-10-14-15(20)5-4-6-16(14)21)19-23-13(3)18(12(2)8-22)24(19)9-11/h4-7,9,12H,10H2,1-3H3/t12-/m0/s1. The van der Waals surface area contributed by atoms with Crippen molar-refractivity contribution in [3.8, 4) is 11.8 Å². The summed E-state index contributed by atoms with van der Waals surface area (Å²) in [5.74, 6) is -1.22. The number of fused-ring (bicyclic) bond motifs is 1. The van der Waals surface area contributed by atoms with Gasteiger partial charge in [-0.3, -0.25) is 4.40 Å². The van der Waals surface area contributed by atoms with Gasteiger partial charge in [-0.05, 0) is 44.5 Å². The van der Waals surface area contributed by atoms with Gasteiger partial charge in [0.15, 0.2) is 11.4 Å². The minimum absolute atomic E-state index is 0.129. The van der Waals surface area contributed by atoms with E-state index in [2.05, 4.69) is 11.1 Å². The molecule has 2 heterocycles. The highest BCUT2D eigenvalue weighted by Crippen LogP contribution is 2.28. The van der Waals surface area contributed by atoms with E-state index in [1.807, 2.05) is 24.4 Å². The Hall–Kier alpha value is -2.94. The zero-order chi connectivity index (χ0) is 18.1. The molecule has 4 nitrogen and oxygen atoms in total. The van der Waals surface area contributed by atoms with E-state index in [1.165, 1.54) is 18.2 Å². The number of ether oxygens (including phenoxy) is 1. The molecular weight excluding hydrogens is 324 g/mol. The second-order valence-corrected chi connectivity index (χ2v) is 6.00. The molecule has 3 rings (SSSR count). The lowest BCUT2D eigenvalue weighted by Gasteiger charge is -2.11. The lowest BCUT2D eigenvalue weighted by molar-refractivity contribution is 0.294. The van der Waals surface area contributed by atoms with E-state index in [4.69, 9.17) is 4.74 Å². The molecule has 0 saturated carbocycles. The fraction of sp³-hybridized carbons (Fsp3) is 0.263. The Labute approximate surface area is 144 Å². The van der Waals surface area contributed by atoms with Gasteiger partial charge >= 0.3 is 0 Å². The number of nitriles is 1. The Balaban J connectivity index is 2.04. The molecule has 128 valence electrons. The minimum atomic E-state index is -0.651. The summed E-state index contributed by atoms with van der Waals surface area (Å²) in [6, 6.07) is 7.68. The summed E-state index contributed by atoms with van der Waals surface area (Å²) in [5.41, 5.74) is 2.79. The van der Waals surface area contributed by atoms with Gasteiger partial charge in [-0.2, -0.15) is 5.26 Å². The molecule has 0 aliphatic carbocycles. The van der Waals surface area contributed by atoms with Crippen molar-refractivity contribution in [2.75, 3.05) is 0 Å². The number of imidazole rings is 1. The maximum atomic E-state index is 13.8. The minimum Gasteiger partial charge on any atom is -0.485 e. The summed E-state index contributed by atoms with van der Waals surface area (Å²) in [4.78, 5) is 4.48. The van der Waals surface area contributed by atoms with Crippen LogP contribution >= 0.6 is 0 Å². The van der Waals surface area contributed by atoms with Crippen LogP contribution in [0.2, 0.25) is 0 Å². The van der Waals surface area contributed by atoms with Crippen molar-refractivity contribution in [2.24, 2.45) is 0 Å². The molecule has 1 atom stereocenters. The molecule has 0 fully saturated rings. The van der Waals surface area contributed by atoms with E-state index in [0.29, 0.717) is 11.4 Å². The van der Waals surface area contributed by atoms with Gasteiger partial charge in [0.1, 0.15) is 18.2 Å². The van der Waals surface area contributed by atoms with Gasteiger partial charge in [-0.15, -0.1) is 0 Å². The van der Waals surface area contributed by atoms with E-state index < -0.39 is 11.6 Å². The Bertz CT molecular complexity index is 968. The first-order chi connectivity index (χ1) is 11.9. The smallest absolute Gasteiger partial charge is 0.180 e. The van der Waals surface area contributed by atoms with Crippen LogP contribution in [-0.4, -0.2) is 9.38 Å². The number of hydrogen-bond acceptors (Lipinski definition) is 3. The number of benzene rings is 1. The fourth-order valence-electron chi connectivity index (χ4n) is 2.88. The molecule has 0 saturated heterocycles. The van der Waals surface area contributed by atoms with Crippen LogP contribution in [0.5, 0.6) is 5.75 Å². The maximum Gasteiger partial charge on any atom is 0.180 e. The third kappa shape index (κ3) is 3.05. The molecule has 6 heteroatoms. The maximum absolute atomic E-state index is 13.8. The van der Waals surface area contributed by atoms with E-state index in [0.717, 1.165) is 17.0 Å². The Morgan fingerprint density at radius 2 is 1.96 bits per heavy atom. The Morgan fingerprint density at radius 3 is 2.60 bits per heavy atom. The number of rotatable bonds is 4. The quantitative estimate of drug-likeness (QED) is 0.705. The van der Waals surface area contributed by atoms with E-state index in [-0.39, 0.29) is 18.1 Å². The number of aromatic nitrogens is 2. The topological polar surface area (TPSA) is 50.3 Å². The van der Waals surface area contributed by atoms with Gasteiger partial charge in [-0.1, -0.05) is 6.07 Å². The number of hydrogen-bond donors (Lipinski definition) is 0. The van der Waals surface area contributed by atoms with Crippen LogP contribution in [0, 0.1) is 36.8 Å². The van der Waals surface area contributed by atoms with Gasteiger partial charge in [0, 0.05) is 6.20 Å². The highest BCUT2D eigenvalue weighted by atomic mass is 19.1. The summed E-state index contributed by atoms with van der Waals surface area (Å²) >= 11 is 0. The molecule has 2 aromatic heterocycles. The average molecular weight is 341 g/mol. The number of aryl methyl sites for hydroxylation is 2. The molecule has 0 amide bonds. The molecule has 0 bridgehead atoms.